The monoisotopic (exact) mass is 399 g/mol. The molecular formula is C22H29N3O2S. The van der Waals surface area contributed by atoms with Crippen LogP contribution in [0.25, 0.3) is 11.4 Å². The van der Waals surface area contributed by atoms with Crippen LogP contribution in [0.15, 0.2) is 52.2 Å². The molecule has 0 spiro atoms. The van der Waals surface area contributed by atoms with E-state index in [1.807, 2.05) is 12.1 Å². The first-order valence-electron chi connectivity index (χ1n) is 9.79. The van der Waals surface area contributed by atoms with Crippen molar-refractivity contribution in [3.05, 3.63) is 54.0 Å². The maximum absolute atomic E-state index is 8.93. The summed E-state index contributed by atoms with van der Waals surface area (Å²) >= 11 is 1.71. The number of thioether (sulfide) groups is 1. The van der Waals surface area contributed by atoms with Gasteiger partial charge < -0.3 is 9.52 Å². The summed E-state index contributed by atoms with van der Waals surface area (Å²) in [4.78, 5) is 0. The van der Waals surface area contributed by atoms with Crippen molar-refractivity contribution in [2.75, 3.05) is 12.4 Å². The van der Waals surface area contributed by atoms with Gasteiger partial charge >= 0.3 is 0 Å². The van der Waals surface area contributed by atoms with Gasteiger partial charge in [-0.2, -0.15) is 0 Å². The molecule has 5 nitrogen and oxygen atoms in total. The number of hydrogen-bond acceptors (Lipinski definition) is 5. The van der Waals surface area contributed by atoms with Gasteiger partial charge in [0.1, 0.15) is 5.76 Å². The van der Waals surface area contributed by atoms with Crippen molar-refractivity contribution in [3.8, 4) is 11.4 Å². The van der Waals surface area contributed by atoms with Crippen molar-refractivity contribution in [2.24, 2.45) is 0 Å². The molecule has 1 N–H and O–H groups in total. The summed E-state index contributed by atoms with van der Waals surface area (Å²) in [7, 11) is 0. The molecule has 3 rings (SSSR count). The molecule has 2 aromatic heterocycles. The van der Waals surface area contributed by atoms with E-state index in [-0.39, 0.29) is 12.0 Å². The second kappa shape index (κ2) is 9.43. The van der Waals surface area contributed by atoms with E-state index in [0.29, 0.717) is 6.54 Å². The van der Waals surface area contributed by atoms with Gasteiger partial charge in [0.2, 0.25) is 0 Å². The van der Waals surface area contributed by atoms with Crippen molar-refractivity contribution in [1.29, 1.82) is 0 Å². The molecule has 0 unspecified atom stereocenters. The average Bonchev–Trinajstić information content (AvgIpc) is 3.32. The van der Waals surface area contributed by atoms with Gasteiger partial charge in [-0.15, -0.1) is 10.2 Å². The Morgan fingerprint density at radius 1 is 1.04 bits per heavy atom. The Morgan fingerprint density at radius 3 is 2.46 bits per heavy atom. The lowest BCUT2D eigenvalue weighted by Gasteiger charge is -2.19. The van der Waals surface area contributed by atoms with Gasteiger partial charge in [-0.1, -0.05) is 63.2 Å². The fourth-order valence-electron chi connectivity index (χ4n) is 2.98. The van der Waals surface area contributed by atoms with E-state index in [4.69, 9.17) is 9.52 Å². The molecule has 0 saturated carbocycles. The lowest BCUT2D eigenvalue weighted by atomic mass is 9.87. The standard InChI is InChI=1S/C22H29N3O2S/c1-22(2,3)18-11-9-17(10-12-18)20-23-24-21(28-15-6-4-5-13-26)25(20)16-19-8-7-14-27-19/h7-12,14,26H,4-6,13,15-16H2,1-3H3. The molecular weight excluding hydrogens is 370 g/mol. The first-order chi connectivity index (χ1) is 13.5. The number of aliphatic hydroxyl groups excluding tert-OH is 1. The van der Waals surface area contributed by atoms with E-state index < -0.39 is 0 Å². The molecule has 1 aromatic carbocycles. The maximum Gasteiger partial charge on any atom is 0.191 e. The number of rotatable bonds is 9. The summed E-state index contributed by atoms with van der Waals surface area (Å²) in [5.41, 5.74) is 2.47. The Morgan fingerprint density at radius 2 is 1.82 bits per heavy atom. The van der Waals surface area contributed by atoms with Gasteiger partial charge in [0.25, 0.3) is 0 Å². The molecule has 0 amide bonds. The Labute approximate surface area is 171 Å². The van der Waals surface area contributed by atoms with E-state index in [2.05, 4.69) is 59.8 Å². The highest BCUT2D eigenvalue weighted by molar-refractivity contribution is 7.99. The largest absolute Gasteiger partial charge is 0.467 e. The number of aliphatic hydroxyl groups is 1. The van der Waals surface area contributed by atoms with Gasteiger partial charge in [-0.3, -0.25) is 4.57 Å². The molecule has 0 aliphatic carbocycles. The van der Waals surface area contributed by atoms with E-state index in [0.717, 1.165) is 47.3 Å². The van der Waals surface area contributed by atoms with Gasteiger partial charge in [0.15, 0.2) is 11.0 Å². The summed E-state index contributed by atoms with van der Waals surface area (Å²) in [6.45, 7) is 7.51. The molecule has 3 aromatic rings. The zero-order valence-electron chi connectivity index (χ0n) is 16.9. The third-order valence-corrected chi connectivity index (χ3v) is 5.71. The minimum Gasteiger partial charge on any atom is -0.467 e. The number of nitrogens with zero attached hydrogens (tertiary/aromatic N) is 3. The molecule has 150 valence electrons. The molecule has 0 bridgehead atoms. The minimum absolute atomic E-state index is 0.121. The number of furan rings is 1. The van der Waals surface area contributed by atoms with Crippen molar-refractivity contribution in [3.63, 3.8) is 0 Å². The lowest BCUT2D eigenvalue weighted by molar-refractivity contribution is 0.284. The Hall–Kier alpha value is -2.05. The number of aromatic nitrogens is 3. The quantitative estimate of drug-likeness (QED) is 0.399. The van der Waals surface area contributed by atoms with Gasteiger partial charge in [-0.25, -0.2) is 0 Å². The van der Waals surface area contributed by atoms with Crippen LogP contribution < -0.4 is 0 Å². The average molecular weight is 400 g/mol. The van der Waals surface area contributed by atoms with Crippen molar-refractivity contribution in [1.82, 2.24) is 14.8 Å². The SMILES string of the molecule is CC(C)(C)c1ccc(-c2nnc(SCCCCCO)n2Cc2ccco2)cc1. The van der Waals surface area contributed by atoms with Crippen LogP contribution in [0.2, 0.25) is 0 Å². The van der Waals surface area contributed by atoms with E-state index in [1.165, 1.54) is 5.56 Å². The molecule has 0 aliphatic heterocycles. The zero-order valence-corrected chi connectivity index (χ0v) is 17.7. The van der Waals surface area contributed by atoms with Crippen LogP contribution in [0.4, 0.5) is 0 Å². The number of benzene rings is 1. The van der Waals surface area contributed by atoms with E-state index in [1.54, 1.807) is 18.0 Å². The summed E-state index contributed by atoms with van der Waals surface area (Å²) in [5.74, 6) is 2.70. The highest BCUT2D eigenvalue weighted by Crippen LogP contribution is 2.28. The third-order valence-electron chi connectivity index (χ3n) is 4.65. The van der Waals surface area contributed by atoms with Crippen LogP contribution >= 0.6 is 11.8 Å². The Balaban J connectivity index is 1.83. The van der Waals surface area contributed by atoms with Crippen LogP contribution in [0.1, 0.15) is 51.4 Å². The van der Waals surface area contributed by atoms with Crippen molar-refractivity contribution >= 4 is 11.8 Å². The molecule has 28 heavy (non-hydrogen) atoms. The first kappa shape index (κ1) is 20.7. The topological polar surface area (TPSA) is 64.1 Å². The maximum atomic E-state index is 8.93. The molecule has 6 heteroatoms. The molecule has 0 saturated heterocycles. The fraction of sp³-hybridized carbons (Fsp3) is 0.455. The summed E-state index contributed by atoms with van der Waals surface area (Å²) < 4.78 is 7.69. The molecule has 0 aliphatic rings. The first-order valence-corrected chi connectivity index (χ1v) is 10.8. The predicted molar refractivity (Wildman–Crippen MR) is 114 cm³/mol. The fourth-order valence-corrected chi connectivity index (χ4v) is 3.92. The van der Waals surface area contributed by atoms with Crippen molar-refractivity contribution < 1.29 is 9.52 Å². The number of unbranched alkanes of at least 4 members (excludes halogenated alkanes) is 2. The van der Waals surface area contributed by atoms with Gasteiger partial charge in [0, 0.05) is 17.9 Å². The molecule has 0 radical (unpaired) electrons. The van der Waals surface area contributed by atoms with Gasteiger partial charge in [-0.05, 0) is 36.0 Å². The predicted octanol–water partition coefficient (Wildman–Crippen LogP) is 5.14. The van der Waals surface area contributed by atoms with E-state index >= 15 is 0 Å². The van der Waals surface area contributed by atoms with Crippen LogP contribution in [0, 0.1) is 0 Å². The van der Waals surface area contributed by atoms with Crippen LogP contribution in [0.3, 0.4) is 0 Å². The van der Waals surface area contributed by atoms with Crippen LogP contribution in [-0.4, -0.2) is 32.2 Å². The lowest BCUT2D eigenvalue weighted by Crippen LogP contribution is -2.10. The summed E-state index contributed by atoms with van der Waals surface area (Å²) in [5, 5.41) is 18.8. The second-order valence-corrected chi connectivity index (χ2v) is 8.99. The molecule has 0 atom stereocenters. The summed E-state index contributed by atoms with van der Waals surface area (Å²) in [6, 6.07) is 12.5. The van der Waals surface area contributed by atoms with E-state index in [9.17, 15) is 0 Å². The second-order valence-electron chi connectivity index (χ2n) is 7.93. The highest BCUT2D eigenvalue weighted by Gasteiger charge is 2.18. The smallest absolute Gasteiger partial charge is 0.191 e. The Bertz CT molecular complexity index is 849. The molecule has 0 fully saturated rings. The highest BCUT2D eigenvalue weighted by atomic mass is 32.2. The summed E-state index contributed by atoms with van der Waals surface area (Å²) in [6.07, 6.45) is 4.62. The zero-order chi connectivity index (χ0) is 20.0. The minimum atomic E-state index is 0.121. The molecule has 2 heterocycles. The Kier molecular flexibility index (Phi) is 6.97. The van der Waals surface area contributed by atoms with Gasteiger partial charge in [0.05, 0.1) is 12.8 Å². The third kappa shape index (κ3) is 5.26. The van der Waals surface area contributed by atoms with Crippen LogP contribution in [0.5, 0.6) is 0 Å². The normalized spacial score (nSPS) is 11.9. The van der Waals surface area contributed by atoms with Crippen LogP contribution in [-0.2, 0) is 12.0 Å². The number of hydrogen-bond donors (Lipinski definition) is 1. The van der Waals surface area contributed by atoms with Crippen molar-refractivity contribution in [2.45, 2.75) is 57.1 Å².